The van der Waals surface area contributed by atoms with Crippen molar-refractivity contribution in [3.63, 3.8) is 0 Å². The van der Waals surface area contributed by atoms with E-state index in [1.165, 1.54) is 32.6 Å². The van der Waals surface area contributed by atoms with E-state index in [1.54, 1.807) is 63.4 Å². The first-order chi connectivity index (χ1) is 31.7. The molecule has 3 aromatic rings. The second-order valence-corrected chi connectivity index (χ2v) is 13.3. The topological polar surface area (TPSA) is 337 Å². The summed E-state index contributed by atoms with van der Waals surface area (Å²) in [4.78, 5) is 70.2. The molecule has 0 aliphatic carbocycles. The van der Waals surface area contributed by atoms with Gasteiger partial charge in [0.1, 0.15) is 41.3 Å². The van der Waals surface area contributed by atoms with Crippen molar-refractivity contribution in [1.82, 2.24) is 14.9 Å². The maximum absolute atomic E-state index is 13.2. The van der Waals surface area contributed by atoms with E-state index in [0.717, 1.165) is 0 Å². The molecule has 0 saturated carbocycles. The zero-order chi connectivity index (χ0) is 49.6. The van der Waals surface area contributed by atoms with Crippen LogP contribution in [-0.4, -0.2) is 119 Å². The first-order valence-corrected chi connectivity index (χ1v) is 20.5. The molecule has 66 heavy (non-hydrogen) atoms. The molecule has 0 bridgehead atoms. The van der Waals surface area contributed by atoms with E-state index >= 15 is 0 Å². The second-order valence-electron chi connectivity index (χ2n) is 13.3. The van der Waals surface area contributed by atoms with Crippen LogP contribution in [0.15, 0.2) is 104 Å². The Balaban J connectivity index is 0.00000160. The number of allylic oxidation sites excluding steroid dienone is 5. The monoisotopic (exact) mass is 912 g/mol. The van der Waals surface area contributed by atoms with Crippen molar-refractivity contribution in [3.05, 3.63) is 95.1 Å². The third-order valence-corrected chi connectivity index (χ3v) is 8.35. The summed E-state index contributed by atoms with van der Waals surface area (Å²) in [5.74, 6) is 0.194. The number of anilines is 2. The van der Waals surface area contributed by atoms with Crippen LogP contribution >= 0.6 is 0 Å². The molecule has 1 aromatic heterocycles. The molecule has 0 fully saturated rings. The van der Waals surface area contributed by atoms with Crippen LogP contribution < -0.4 is 59.4 Å². The van der Waals surface area contributed by atoms with E-state index in [9.17, 15) is 19.2 Å². The lowest BCUT2D eigenvalue weighted by molar-refractivity contribution is -0.114. The van der Waals surface area contributed by atoms with Gasteiger partial charge in [-0.15, -0.1) is 0 Å². The summed E-state index contributed by atoms with van der Waals surface area (Å²) in [7, 11) is 4.70. The van der Waals surface area contributed by atoms with Crippen LogP contribution in [0.2, 0.25) is 0 Å². The third-order valence-electron chi connectivity index (χ3n) is 8.35. The molecule has 1 heterocycles. The molecule has 0 radical (unpaired) electrons. The van der Waals surface area contributed by atoms with Gasteiger partial charge in [0.2, 0.25) is 11.9 Å². The Hall–Kier alpha value is -8.07. The number of nitrogens with zero attached hydrogens (tertiary/aromatic N) is 7. The number of hydrogen-bond acceptors (Lipinski definition) is 18. The number of methoxy groups -OCH3 is 1. The highest BCUT2D eigenvalue weighted by atomic mass is 16.5. The fourth-order valence-corrected chi connectivity index (χ4v) is 5.65. The summed E-state index contributed by atoms with van der Waals surface area (Å²) in [6.07, 6.45) is 14.5. The van der Waals surface area contributed by atoms with Crippen molar-refractivity contribution < 1.29 is 28.7 Å². The third kappa shape index (κ3) is 18.3. The maximum atomic E-state index is 13.2. The second kappa shape index (κ2) is 30.9. The standard InChI is InChI=1S/C37H48N12O5.C7H12N2O.CH5N/c1-6-45-30(15-24(2)39)36(52)46-23-48(33-28(42-3)16-25(22-50)17-31(33)53-5)12-8-9-13-49-34-29(47-37(49)43-4)18-26(35(41)51)19-32(34)54-14-10-7-11-44-21-27(40)20-38;1-3-9-7(5-10)4-6(2)8;1-2/h7-10,15-22H,3,6,11-14,23,38-40H2,1-2,4-5H3,(H2,41,51)(H,43,47)(H,46,52);4-5H,3,8H2,1-2H3;2H2,1H3/b9-8+,10-7+,24-15-,27-20+,44-21?,45-30?;6-4-,9-7?;. The molecule has 0 spiro atoms. The Kier molecular flexibility index (Phi) is 26.2. The number of carbonyl (C=O) groups excluding carboxylic acids is 4. The van der Waals surface area contributed by atoms with Gasteiger partial charge in [-0.25, -0.2) is 4.98 Å². The van der Waals surface area contributed by atoms with Crippen molar-refractivity contribution in [2.75, 3.05) is 70.9 Å². The summed E-state index contributed by atoms with van der Waals surface area (Å²) < 4.78 is 13.6. The number of amides is 2. The lowest BCUT2D eigenvalue weighted by Gasteiger charge is -2.27. The number of fused-ring (bicyclic) bond motifs is 1. The molecular weight excluding hydrogens is 847 g/mol. The SMILES string of the molecule is C=Nc1cc(C=O)cc(OC)c1N(C/C=C/Cn1c(NC)nc2cc(C(N)=O)cc(OC/C=C/CN=C/C(N)=C\N)c21)CNC(=O)C(/C=C(/C)N)=NCC.CCN=C(C=O)/C=C(/C)N.CN. The van der Waals surface area contributed by atoms with Crippen LogP contribution in [0.1, 0.15) is 48.4 Å². The van der Waals surface area contributed by atoms with Gasteiger partial charge in [0.05, 0.1) is 42.9 Å². The molecule has 2 amide bonds. The van der Waals surface area contributed by atoms with Crippen LogP contribution in [0, 0.1) is 0 Å². The predicted octanol–water partition coefficient (Wildman–Crippen LogP) is 2.64. The molecule has 2 aromatic carbocycles. The van der Waals surface area contributed by atoms with E-state index in [2.05, 4.69) is 48.0 Å². The van der Waals surface area contributed by atoms with E-state index < -0.39 is 11.8 Å². The average molecular weight is 912 g/mol. The molecule has 14 N–H and O–H groups in total. The zero-order valence-electron chi connectivity index (χ0n) is 38.8. The van der Waals surface area contributed by atoms with E-state index in [-0.39, 0.29) is 31.1 Å². The van der Waals surface area contributed by atoms with Crippen molar-refractivity contribution in [3.8, 4) is 11.5 Å². The summed E-state index contributed by atoms with van der Waals surface area (Å²) in [5, 5.41) is 5.99. The number of aliphatic imine (C=N–C) groups is 4. The highest BCUT2D eigenvalue weighted by Crippen LogP contribution is 2.39. The van der Waals surface area contributed by atoms with Crippen LogP contribution in [0.25, 0.3) is 11.0 Å². The number of primary amides is 1. The number of imidazole rings is 1. The Labute approximate surface area is 385 Å². The minimum absolute atomic E-state index is 0.00225. The van der Waals surface area contributed by atoms with Gasteiger partial charge < -0.3 is 64.0 Å². The molecule has 0 saturated heterocycles. The van der Waals surface area contributed by atoms with Crippen LogP contribution in [0.5, 0.6) is 11.5 Å². The number of aromatic nitrogens is 2. The minimum atomic E-state index is -0.628. The number of rotatable bonds is 24. The van der Waals surface area contributed by atoms with Crippen molar-refractivity contribution in [2.45, 2.75) is 34.2 Å². The Morgan fingerprint density at radius 3 is 2.20 bits per heavy atom. The van der Waals surface area contributed by atoms with Crippen molar-refractivity contribution in [1.29, 1.82) is 0 Å². The molecule has 356 valence electrons. The van der Waals surface area contributed by atoms with Gasteiger partial charge in [-0.2, -0.15) is 0 Å². The summed E-state index contributed by atoms with van der Waals surface area (Å²) in [5.41, 5.74) is 36.8. The van der Waals surface area contributed by atoms with E-state index in [0.29, 0.717) is 107 Å². The minimum Gasteiger partial charge on any atom is -0.494 e. The molecule has 0 atom stereocenters. The highest BCUT2D eigenvalue weighted by molar-refractivity contribution is 6.43. The van der Waals surface area contributed by atoms with Gasteiger partial charge in [0.25, 0.3) is 5.91 Å². The fourth-order valence-electron chi connectivity index (χ4n) is 5.65. The Morgan fingerprint density at radius 1 is 0.939 bits per heavy atom. The summed E-state index contributed by atoms with van der Waals surface area (Å²) in [6, 6.07) is 6.34. The van der Waals surface area contributed by atoms with Gasteiger partial charge in [-0.05, 0) is 84.0 Å². The van der Waals surface area contributed by atoms with Crippen molar-refractivity contribution in [2.24, 2.45) is 54.4 Å². The molecular formula is C45H65N15O6. The quantitative estimate of drug-likeness (QED) is 0.0277. The fraction of sp³-hybridized carbons (Fsp3) is 0.311. The van der Waals surface area contributed by atoms with Crippen molar-refractivity contribution >= 4 is 77.1 Å². The van der Waals surface area contributed by atoms with Gasteiger partial charge in [0.15, 0.2) is 6.29 Å². The largest absolute Gasteiger partial charge is 0.494 e. The maximum Gasteiger partial charge on any atom is 0.270 e. The number of ether oxygens (including phenoxy) is 2. The lowest BCUT2D eigenvalue weighted by Crippen LogP contribution is -2.41. The predicted molar refractivity (Wildman–Crippen MR) is 267 cm³/mol. The van der Waals surface area contributed by atoms with Crippen LogP contribution in [0.3, 0.4) is 0 Å². The molecule has 0 unspecified atom stereocenters. The molecule has 0 aliphatic rings. The molecule has 21 nitrogen and oxygen atoms in total. The first kappa shape index (κ1) is 55.9. The normalized spacial score (nSPS) is 12.3. The lowest BCUT2D eigenvalue weighted by atomic mass is 10.1. The van der Waals surface area contributed by atoms with E-state index in [1.807, 2.05) is 35.5 Å². The number of nitrogens with two attached hydrogens (primary N) is 6. The number of nitrogens with one attached hydrogen (secondary N) is 2. The number of benzene rings is 2. The first-order valence-electron chi connectivity index (χ1n) is 20.5. The summed E-state index contributed by atoms with van der Waals surface area (Å²) >= 11 is 0. The summed E-state index contributed by atoms with van der Waals surface area (Å²) in [6.45, 7) is 12.8. The number of aldehydes is 2. The van der Waals surface area contributed by atoms with Crippen LogP contribution in [-0.2, 0) is 16.1 Å². The van der Waals surface area contributed by atoms with Gasteiger partial charge in [-0.3, -0.25) is 39.1 Å². The Bertz CT molecular complexity index is 2350. The molecule has 21 heteroatoms. The smallest absolute Gasteiger partial charge is 0.270 e. The van der Waals surface area contributed by atoms with Gasteiger partial charge in [-0.1, -0.05) is 18.2 Å². The Morgan fingerprint density at radius 2 is 1.64 bits per heavy atom. The van der Waals surface area contributed by atoms with Gasteiger partial charge in [0, 0.05) is 68.2 Å². The zero-order valence-corrected chi connectivity index (χ0v) is 38.8. The molecule has 3 rings (SSSR count). The van der Waals surface area contributed by atoms with Crippen LogP contribution in [0.4, 0.5) is 17.3 Å². The average Bonchev–Trinajstić information content (AvgIpc) is 3.68. The molecule has 0 aliphatic heterocycles. The number of carbonyl (C=O) groups is 4. The highest BCUT2D eigenvalue weighted by Gasteiger charge is 2.20. The number of hydrogen-bond donors (Lipinski definition) is 8. The van der Waals surface area contributed by atoms with E-state index in [4.69, 9.17) is 38.1 Å². The van der Waals surface area contributed by atoms with Gasteiger partial charge >= 0.3 is 0 Å².